The van der Waals surface area contributed by atoms with Crippen molar-refractivity contribution >= 4 is 45.1 Å². The molecule has 2 saturated heterocycles. The van der Waals surface area contributed by atoms with E-state index < -0.39 is 5.82 Å². The molecular weight excluding hydrogens is 567 g/mol. The van der Waals surface area contributed by atoms with E-state index in [1.54, 1.807) is 24.3 Å². The normalized spacial score (nSPS) is 21.3. The van der Waals surface area contributed by atoms with E-state index in [4.69, 9.17) is 35.8 Å². The van der Waals surface area contributed by atoms with Crippen molar-refractivity contribution < 1.29 is 23.4 Å². The van der Waals surface area contributed by atoms with Gasteiger partial charge in [0.05, 0.1) is 22.5 Å². The number of anilines is 1. The fourth-order valence-corrected chi connectivity index (χ4v) is 5.74. The predicted octanol–water partition coefficient (Wildman–Crippen LogP) is 3.42. The lowest BCUT2D eigenvalue weighted by molar-refractivity contribution is -0.126. The number of nitrogens with zero attached hydrogens (tertiary/aromatic N) is 7. The van der Waals surface area contributed by atoms with Crippen molar-refractivity contribution in [2.24, 2.45) is 0 Å². The van der Waals surface area contributed by atoms with E-state index in [0.29, 0.717) is 60.3 Å². The van der Waals surface area contributed by atoms with E-state index in [2.05, 4.69) is 31.6 Å². The number of aromatic amines is 1. The number of aromatic nitrogens is 5. The van der Waals surface area contributed by atoms with Crippen LogP contribution in [0.15, 0.2) is 37.2 Å². The van der Waals surface area contributed by atoms with Crippen LogP contribution < -0.4 is 14.4 Å². The highest BCUT2D eigenvalue weighted by molar-refractivity contribution is 6.33. The lowest BCUT2D eigenvalue weighted by Gasteiger charge is -2.40. The first kappa shape index (κ1) is 28.1. The van der Waals surface area contributed by atoms with E-state index >= 15 is 0 Å². The SMILES string of the molecule is C=CC(=O)N1CCN(c2nc(O[C@@H]3CN(C)CC3OC)nc3c(Oc4c(Cl)c(F)cc5[nH]ncc45)nccc23)[C@H](C)C1. The van der Waals surface area contributed by atoms with Crippen LogP contribution in [0.3, 0.4) is 0 Å². The number of likely N-dealkylation sites (N-methyl/N-ethyl adjacent to an activating group) is 1. The molecule has 3 aromatic heterocycles. The zero-order chi connectivity index (χ0) is 29.5. The number of likely N-dealkylation sites (tertiary alicyclic amines) is 1. The number of rotatable bonds is 7. The maximum absolute atomic E-state index is 14.7. The molecule has 6 rings (SSSR count). The Morgan fingerprint density at radius 1 is 1.21 bits per heavy atom. The summed E-state index contributed by atoms with van der Waals surface area (Å²) in [6.45, 7) is 8.45. The molecule has 3 atom stereocenters. The van der Waals surface area contributed by atoms with Gasteiger partial charge in [-0.2, -0.15) is 15.1 Å². The van der Waals surface area contributed by atoms with Gasteiger partial charge in [0, 0.05) is 58.1 Å². The number of ether oxygens (including phenoxy) is 3. The number of methoxy groups -OCH3 is 1. The third-order valence-corrected chi connectivity index (χ3v) is 8.03. The Hall–Kier alpha value is -4.07. The Morgan fingerprint density at radius 3 is 2.79 bits per heavy atom. The van der Waals surface area contributed by atoms with Crippen molar-refractivity contribution in [3.63, 3.8) is 0 Å². The number of carbonyl (C=O) groups is 1. The summed E-state index contributed by atoms with van der Waals surface area (Å²) in [5.74, 6) is -0.0356. The second kappa shape index (κ2) is 11.3. The molecule has 1 N–H and O–H groups in total. The Morgan fingerprint density at radius 2 is 2.02 bits per heavy atom. The van der Waals surface area contributed by atoms with E-state index in [0.717, 1.165) is 0 Å². The van der Waals surface area contributed by atoms with Gasteiger partial charge < -0.3 is 24.0 Å². The third kappa shape index (κ3) is 5.08. The van der Waals surface area contributed by atoms with Gasteiger partial charge in [-0.15, -0.1) is 0 Å². The van der Waals surface area contributed by atoms with Gasteiger partial charge in [0.15, 0.2) is 5.75 Å². The smallest absolute Gasteiger partial charge is 0.319 e. The maximum Gasteiger partial charge on any atom is 0.319 e. The maximum atomic E-state index is 14.7. The van der Waals surface area contributed by atoms with Crippen LogP contribution in [0.2, 0.25) is 5.02 Å². The van der Waals surface area contributed by atoms with E-state index in [1.807, 2.05) is 14.0 Å². The number of H-pyrrole nitrogens is 1. The van der Waals surface area contributed by atoms with Crippen LogP contribution in [0.4, 0.5) is 10.2 Å². The summed E-state index contributed by atoms with van der Waals surface area (Å²) in [6.07, 6.45) is 3.91. The van der Waals surface area contributed by atoms with Crippen molar-refractivity contribution in [2.45, 2.75) is 25.2 Å². The molecule has 2 aliphatic heterocycles. The first-order valence-corrected chi connectivity index (χ1v) is 13.9. The highest BCUT2D eigenvalue weighted by atomic mass is 35.5. The summed E-state index contributed by atoms with van der Waals surface area (Å²) in [5.41, 5.74) is 0.773. The molecule has 0 bridgehead atoms. The highest BCUT2D eigenvalue weighted by Gasteiger charge is 2.35. The summed E-state index contributed by atoms with van der Waals surface area (Å²) in [5, 5.41) is 7.65. The average Bonchev–Trinajstić information content (AvgIpc) is 3.60. The number of pyridine rings is 1. The standard InChI is InChI=1S/C28H30ClFN8O4/c1-5-22(39)37-8-9-38(15(2)12-37)26-16-6-7-31-27(42-25-17-11-32-35-19(17)10-18(30)23(25)29)24(16)33-28(34-26)41-21-14-36(3)13-20(21)40-4/h5-7,10-11,15,20-21H,1,8-9,12-14H2,2-4H3,(H,32,35)/t15-,20?,21-/m1/s1. The van der Waals surface area contributed by atoms with Crippen molar-refractivity contribution in [2.75, 3.05) is 51.8 Å². The van der Waals surface area contributed by atoms with Crippen molar-refractivity contribution in [1.29, 1.82) is 0 Å². The van der Waals surface area contributed by atoms with Crippen LogP contribution in [0.1, 0.15) is 6.92 Å². The minimum atomic E-state index is -0.667. The van der Waals surface area contributed by atoms with Crippen molar-refractivity contribution in [3.05, 3.63) is 48.0 Å². The molecule has 0 spiro atoms. The zero-order valence-corrected chi connectivity index (χ0v) is 24.1. The molecule has 0 aliphatic carbocycles. The number of amides is 1. The van der Waals surface area contributed by atoms with Gasteiger partial charge in [0.1, 0.15) is 34.4 Å². The molecule has 4 aromatic rings. The molecule has 220 valence electrons. The molecule has 0 radical (unpaired) electrons. The van der Waals surface area contributed by atoms with Crippen molar-refractivity contribution in [3.8, 4) is 17.6 Å². The molecule has 14 heteroatoms. The van der Waals surface area contributed by atoms with Gasteiger partial charge in [-0.1, -0.05) is 18.2 Å². The molecule has 12 nitrogen and oxygen atoms in total. The fraction of sp³-hybridized carbons (Fsp3) is 0.393. The summed E-state index contributed by atoms with van der Waals surface area (Å²) >= 11 is 6.35. The van der Waals surface area contributed by atoms with Gasteiger partial charge in [-0.3, -0.25) is 14.8 Å². The number of fused-ring (bicyclic) bond motifs is 2. The quantitative estimate of drug-likeness (QED) is 0.318. The number of nitrogens with one attached hydrogen (secondary N) is 1. The first-order chi connectivity index (χ1) is 20.3. The summed E-state index contributed by atoms with van der Waals surface area (Å²) in [7, 11) is 3.64. The van der Waals surface area contributed by atoms with Gasteiger partial charge in [-0.25, -0.2) is 9.37 Å². The number of carbonyl (C=O) groups excluding carboxylic acids is 1. The third-order valence-electron chi connectivity index (χ3n) is 7.68. The highest BCUT2D eigenvalue weighted by Crippen LogP contribution is 2.40. The van der Waals surface area contributed by atoms with E-state index in [-0.39, 0.29) is 46.8 Å². The van der Waals surface area contributed by atoms with Crippen LogP contribution in [0, 0.1) is 5.82 Å². The first-order valence-electron chi connectivity index (χ1n) is 13.5. The molecule has 1 amide bonds. The van der Waals surface area contributed by atoms with E-state index in [9.17, 15) is 9.18 Å². The molecule has 0 saturated carbocycles. The molecule has 2 fully saturated rings. The van der Waals surface area contributed by atoms with Gasteiger partial charge in [0.2, 0.25) is 11.8 Å². The average molecular weight is 597 g/mol. The molecule has 42 heavy (non-hydrogen) atoms. The minimum Gasteiger partial charge on any atom is -0.456 e. The van der Waals surface area contributed by atoms with Crippen molar-refractivity contribution in [1.82, 2.24) is 34.9 Å². The van der Waals surface area contributed by atoms with Crippen LogP contribution in [0.5, 0.6) is 17.6 Å². The molecule has 1 unspecified atom stereocenters. The minimum absolute atomic E-state index is 0.0600. The second-order valence-electron chi connectivity index (χ2n) is 10.5. The summed E-state index contributed by atoms with van der Waals surface area (Å²) in [6, 6.07) is 3.08. The number of benzene rings is 1. The number of halogens is 2. The van der Waals surface area contributed by atoms with Gasteiger partial charge in [-0.05, 0) is 26.1 Å². The van der Waals surface area contributed by atoms with Crippen LogP contribution in [-0.4, -0.2) is 106 Å². The molecular formula is C28H30ClFN8O4. The molecule has 1 aromatic carbocycles. The lowest BCUT2D eigenvalue weighted by atomic mass is 10.1. The van der Waals surface area contributed by atoms with E-state index in [1.165, 1.54) is 18.3 Å². The second-order valence-corrected chi connectivity index (χ2v) is 10.8. The Labute approximate surface area is 246 Å². The summed E-state index contributed by atoms with van der Waals surface area (Å²) < 4.78 is 32.8. The predicted molar refractivity (Wildman–Crippen MR) is 155 cm³/mol. The molecule has 5 heterocycles. The van der Waals surface area contributed by atoms with Crippen LogP contribution >= 0.6 is 11.6 Å². The largest absolute Gasteiger partial charge is 0.456 e. The zero-order valence-electron chi connectivity index (χ0n) is 23.4. The number of hydrogen-bond acceptors (Lipinski definition) is 10. The Balaban J connectivity index is 1.45. The van der Waals surface area contributed by atoms with Gasteiger partial charge in [0.25, 0.3) is 0 Å². The number of piperazine rings is 1. The summed E-state index contributed by atoms with van der Waals surface area (Å²) in [4.78, 5) is 32.3. The molecule has 2 aliphatic rings. The van der Waals surface area contributed by atoms with Gasteiger partial charge >= 0.3 is 6.01 Å². The lowest BCUT2D eigenvalue weighted by Crippen LogP contribution is -2.53. The fourth-order valence-electron chi connectivity index (χ4n) is 5.54. The topological polar surface area (TPSA) is 122 Å². The Bertz CT molecular complexity index is 1670. The van der Waals surface area contributed by atoms with Crippen LogP contribution in [-0.2, 0) is 9.53 Å². The number of hydrogen-bond donors (Lipinski definition) is 1. The monoisotopic (exact) mass is 596 g/mol. The van der Waals surface area contributed by atoms with Crippen LogP contribution in [0.25, 0.3) is 21.8 Å². The Kier molecular flexibility index (Phi) is 7.56.